The summed E-state index contributed by atoms with van der Waals surface area (Å²) < 4.78 is 3.32. The van der Waals surface area contributed by atoms with Gasteiger partial charge in [-0.2, -0.15) is 4.57 Å². The molecule has 1 aromatic heterocycles. The molecule has 0 bridgehead atoms. The summed E-state index contributed by atoms with van der Waals surface area (Å²) >= 11 is 6.90. The third-order valence-corrected chi connectivity index (χ3v) is 3.87. The minimum absolute atomic E-state index is 0. The van der Waals surface area contributed by atoms with Crippen LogP contribution in [-0.2, 0) is 0 Å². The fourth-order valence-electron chi connectivity index (χ4n) is 1.50. The number of allylic oxidation sites excluding steroid dienone is 1. The molecule has 1 rings (SSSR count). The largest absolute Gasteiger partial charge is 1.00 e. The topological polar surface area (TPSA) is 3.88 Å². The van der Waals surface area contributed by atoms with Crippen molar-refractivity contribution in [2.75, 3.05) is 5.33 Å². The molecule has 0 saturated heterocycles. The summed E-state index contributed by atoms with van der Waals surface area (Å²) in [4.78, 5) is 0. The van der Waals surface area contributed by atoms with Crippen LogP contribution < -0.4 is 21.5 Å². The van der Waals surface area contributed by atoms with Crippen LogP contribution in [0.1, 0.15) is 17.0 Å². The molecule has 0 unspecified atom stereocenters. The summed E-state index contributed by atoms with van der Waals surface area (Å²) in [5, 5.41) is 0.840. The van der Waals surface area contributed by atoms with E-state index in [2.05, 4.69) is 75.5 Å². The second kappa shape index (κ2) is 6.81. The number of hydrogen-bond acceptors (Lipinski definition) is 0. The van der Waals surface area contributed by atoms with E-state index in [-0.39, 0.29) is 17.0 Å². The number of nitrogens with zero attached hydrogens (tertiary/aromatic N) is 1. The molecule has 1 aromatic rings. The van der Waals surface area contributed by atoms with Crippen LogP contribution in [0.5, 0.6) is 0 Å². The van der Waals surface area contributed by atoms with E-state index in [1.54, 1.807) is 0 Å². The maximum Gasteiger partial charge on any atom is 0.185 e. The van der Waals surface area contributed by atoms with Gasteiger partial charge in [0.15, 0.2) is 17.6 Å². The lowest BCUT2D eigenvalue weighted by Gasteiger charge is -2.00. The minimum Gasteiger partial charge on any atom is -1.00 e. The van der Waals surface area contributed by atoms with Crippen molar-refractivity contribution in [2.45, 2.75) is 20.8 Å². The van der Waals surface area contributed by atoms with Crippen molar-refractivity contribution in [1.82, 2.24) is 0 Å². The highest BCUT2D eigenvalue weighted by molar-refractivity contribution is 9.13. The first kappa shape index (κ1) is 15.3. The first-order valence-corrected chi connectivity index (χ1v) is 6.37. The monoisotopic (exact) mass is 397 g/mol. The van der Waals surface area contributed by atoms with Crippen LogP contribution in [0.4, 0.5) is 0 Å². The van der Waals surface area contributed by atoms with Crippen molar-refractivity contribution >= 4 is 38.1 Å². The predicted molar refractivity (Wildman–Crippen MR) is 67.8 cm³/mol. The molecule has 0 atom stereocenters. The number of rotatable bonds is 2. The van der Waals surface area contributed by atoms with E-state index < -0.39 is 0 Å². The zero-order valence-corrected chi connectivity index (χ0v) is 13.8. The van der Waals surface area contributed by atoms with E-state index in [1.807, 2.05) is 0 Å². The Hall–Kier alpha value is 0.330. The molecule has 15 heavy (non-hydrogen) atoms. The van der Waals surface area contributed by atoms with Crippen LogP contribution >= 0.6 is 31.9 Å². The molecule has 4 heteroatoms. The number of aryl methyl sites for hydroxylation is 3. The van der Waals surface area contributed by atoms with Crippen molar-refractivity contribution in [2.24, 2.45) is 0 Å². The van der Waals surface area contributed by atoms with Gasteiger partial charge in [0.2, 0.25) is 0 Å². The van der Waals surface area contributed by atoms with Crippen molar-refractivity contribution in [1.29, 1.82) is 0 Å². The molecule has 0 amide bonds. The standard InChI is InChI=1S/C11H14Br2N.BrH/c1-8-4-9(2)14(10(3)5-8)7-11(13)6-12;/h4-5,7H,6H2,1-3H3;1H/q+1;/p-1. The maximum absolute atomic E-state index is 3.49. The van der Waals surface area contributed by atoms with Crippen LogP contribution in [0.3, 0.4) is 0 Å². The first-order chi connectivity index (χ1) is 6.54. The molecule has 0 radical (unpaired) electrons. The number of pyridine rings is 1. The average molecular weight is 400 g/mol. The molecule has 0 fully saturated rings. The summed E-state index contributed by atoms with van der Waals surface area (Å²) in [5.41, 5.74) is 3.81. The van der Waals surface area contributed by atoms with Gasteiger partial charge in [-0.15, -0.1) is 0 Å². The summed E-state index contributed by atoms with van der Waals surface area (Å²) in [6.45, 7) is 6.35. The molecule has 1 nitrogen and oxygen atoms in total. The number of hydrogen-bond donors (Lipinski definition) is 0. The second-order valence-corrected chi connectivity index (χ2v) is 4.97. The quantitative estimate of drug-likeness (QED) is 0.503. The Morgan fingerprint density at radius 1 is 1.27 bits per heavy atom. The van der Waals surface area contributed by atoms with Gasteiger partial charge in [-0.3, -0.25) is 0 Å². The van der Waals surface area contributed by atoms with E-state index in [9.17, 15) is 0 Å². The van der Waals surface area contributed by atoms with Crippen LogP contribution in [0.2, 0.25) is 0 Å². The van der Waals surface area contributed by atoms with Gasteiger partial charge in [0.1, 0.15) is 0 Å². The Balaban J connectivity index is 0.00000196. The fraction of sp³-hybridized carbons (Fsp3) is 0.364. The second-order valence-electron chi connectivity index (χ2n) is 3.40. The number of aromatic nitrogens is 1. The van der Waals surface area contributed by atoms with E-state index in [0.29, 0.717) is 0 Å². The lowest BCUT2D eigenvalue weighted by atomic mass is 10.2. The Kier molecular flexibility index (Phi) is 6.96. The lowest BCUT2D eigenvalue weighted by molar-refractivity contribution is -0.583. The first-order valence-electron chi connectivity index (χ1n) is 4.46. The van der Waals surface area contributed by atoms with Crippen LogP contribution in [0.25, 0.3) is 6.20 Å². The Morgan fingerprint density at radius 2 is 1.73 bits per heavy atom. The van der Waals surface area contributed by atoms with Gasteiger partial charge in [0, 0.05) is 31.3 Å². The Labute approximate surface area is 119 Å². The Bertz CT molecular complexity index is 349. The molecular weight excluding hydrogens is 386 g/mol. The molecule has 84 valence electrons. The van der Waals surface area contributed by atoms with Crippen LogP contribution in [0, 0.1) is 20.8 Å². The highest BCUT2D eigenvalue weighted by atomic mass is 79.9. The normalized spacial score (nSPS) is 11.1. The fourth-order valence-corrected chi connectivity index (χ4v) is 1.85. The summed E-state index contributed by atoms with van der Waals surface area (Å²) in [6, 6.07) is 4.36. The highest BCUT2D eigenvalue weighted by Gasteiger charge is 2.09. The number of halogens is 3. The smallest absolute Gasteiger partial charge is 0.185 e. The zero-order valence-electron chi connectivity index (χ0n) is 9.02. The molecule has 0 aromatic carbocycles. The molecule has 0 aliphatic rings. The SMILES string of the molecule is Cc1cc(C)[n+](C=C(Br)CBr)c(C)c1.[Br-]. The van der Waals surface area contributed by atoms with Crippen LogP contribution in [-0.4, -0.2) is 5.33 Å². The van der Waals surface area contributed by atoms with E-state index in [4.69, 9.17) is 0 Å². The van der Waals surface area contributed by atoms with E-state index in [0.717, 1.165) is 9.81 Å². The Morgan fingerprint density at radius 3 is 2.13 bits per heavy atom. The summed E-state index contributed by atoms with van der Waals surface area (Å²) in [5.74, 6) is 0. The van der Waals surface area contributed by atoms with E-state index in [1.165, 1.54) is 17.0 Å². The van der Waals surface area contributed by atoms with Gasteiger partial charge in [0.25, 0.3) is 0 Å². The lowest BCUT2D eigenvalue weighted by Crippen LogP contribution is -3.00. The molecule has 1 heterocycles. The third kappa shape index (κ3) is 4.37. The minimum atomic E-state index is 0. The van der Waals surface area contributed by atoms with Gasteiger partial charge in [0.05, 0.1) is 4.48 Å². The third-order valence-electron chi connectivity index (χ3n) is 2.03. The van der Waals surface area contributed by atoms with Gasteiger partial charge in [-0.25, -0.2) is 0 Å². The highest BCUT2D eigenvalue weighted by Crippen LogP contribution is 2.09. The molecular formula is C11H14Br3N. The molecule has 0 aliphatic carbocycles. The van der Waals surface area contributed by atoms with Crippen LogP contribution in [0.15, 0.2) is 16.6 Å². The van der Waals surface area contributed by atoms with Gasteiger partial charge >= 0.3 is 0 Å². The predicted octanol–water partition coefficient (Wildman–Crippen LogP) is 0.492. The van der Waals surface area contributed by atoms with Crippen molar-refractivity contribution < 1.29 is 21.5 Å². The molecule has 0 saturated carbocycles. The molecule has 0 N–H and O–H groups in total. The zero-order chi connectivity index (χ0) is 10.7. The maximum atomic E-state index is 3.49. The van der Waals surface area contributed by atoms with E-state index >= 15 is 0 Å². The van der Waals surface area contributed by atoms with Gasteiger partial charge in [-0.05, 0) is 28.4 Å². The summed E-state index contributed by atoms with van der Waals surface area (Å²) in [6.07, 6.45) is 2.10. The van der Waals surface area contributed by atoms with Crippen molar-refractivity contribution in [3.8, 4) is 0 Å². The van der Waals surface area contributed by atoms with Gasteiger partial charge < -0.3 is 17.0 Å². The van der Waals surface area contributed by atoms with Gasteiger partial charge in [-0.1, -0.05) is 15.9 Å². The average Bonchev–Trinajstić information content (AvgIpc) is 2.10. The van der Waals surface area contributed by atoms with Crippen molar-refractivity contribution in [3.05, 3.63) is 33.6 Å². The summed E-state index contributed by atoms with van der Waals surface area (Å²) in [7, 11) is 0. The molecule has 0 spiro atoms. The van der Waals surface area contributed by atoms with Crippen molar-refractivity contribution in [3.63, 3.8) is 0 Å². The molecule has 0 aliphatic heterocycles. The number of alkyl halides is 1.